The van der Waals surface area contributed by atoms with E-state index < -0.39 is 0 Å². The Labute approximate surface area is 156 Å². The second-order valence-corrected chi connectivity index (χ2v) is 6.54. The molecule has 1 N–H and O–H groups in total. The van der Waals surface area contributed by atoms with Crippen molar-refractivity contribution >= 4 is 21.6 Å². The Bertz CT molecular complexity index is 804. The summed E-state index contributed by atoms with van der Waals surface area (Å²) >= 11 is 3.44. The number of nitrogens with one attached hydrogen (secondary N) is 1. The van der Waals surface area contributed by atoms with Gasteiger partial charge in [0.05, 0.1) is 7.11 Å². The average molecular weight is 398 g/mol. The van der Waals surface area contributed by atoms with Crippen LogP contribution >= 0.6 is 15.9 Å². The molecule has 0 aliphatic carbocycles. The van der Waals surface area contributed by atoms with Gasteiger partial charge in [0, 0.05) is 16.7 Å². The van der Waals surface area contributed by atoms with E-state index in [2.05, 4.69) is 27.3 Å². The fraction of sp³-hybridized carbons (Fsp3) is 0.143. The number of halogens is 1. The van der Waals surface area contributed by atoms with E-state index in [1.807, 2.05) is 66.7 Å². The second-order valence-electron chi connectivity index (χ2n) is 5.62. The summed E-state index contributed by atoms with van der Waals surface area (Å²) in [5.41, 5.74) is 3.34. The van der Waals surface area contributed by atoms with Gasteiger partial charge in [0.25, 0.3) is 0 Å². The minimum absolute atomic E-state index is 0.505. The van der Waals surface area contributed by atoms with Crippen molar-refractivity contribution < 1.29 is 9.47 Å². The molecular weight excluding hydrogens is 378 g/mol. The molecule has 3 aromatic rings. The lowest BCUT2D eigenvalue weighted by atomic mass is 10.2. The zero-order valence-corrected chi connectivity index (χ0v) is 15.6. The van der Waals surface area contributed by atoms with E-state index in [4.69, 9.17) is 9.47 Å². The van der Waals surface area contributed by atoms with Crippen LogP contribution in [0.5, 0.6) is 11.5 Å². The summed E-state index contributed by atoms with van der Waals surface area (Å²) in [6.07, 6.45) is 0. The van der Waals surface area contributed by atoms with Crippen LogP contribution in [0, 0.1) is 0 Å². The van der Waals surface area contributed by atoms with E-state index in [0.717, 1.165) is 39.3 Å². The highest BCUT2D eigenvalue weighted by molar-refractivity contribution is 9.10. The fourth-order valence-corrected chi connectivity index (χ4v) is 2.71. The topological polar surface area (TPSA) is 30.5 Å². The van der Waals surface area contributed by atoms with Crippen molar-refractivity contribution in [3.05, 3.63) is 88.4 Å². The van der Waals surface area contributed by atoms with Gasteiger partial charge in [0.15, 0.2) is 11.5 Å². The van der Waals surface area contributed by atoms with Crippen molar-refractivity contribution in [2.24, 2.45) is 0 Å². The summed E-state index contributed by atoms with van der Waals surface area (Å²) in [7, 11) is 1.66. The molecule has 0 atom stereocenters. The summed E-state index contributed by atoms with van der Waals surface area (Å²) in [5, 5.41) is 3.39. The van der Waals surface area contributed by atoms with Crippen molar-refractivity contribution in [3.8, 4) is 11.5 Å². The van der Waals surface area contributed by atoms with Gasteiger partial charge in [0.1, 0.15) is 6.61 Å². The third-order valence-corrected chi connectivity index (χ3v) is 4.33. The summed E-state index contributed by atoms with van der Waals surface area (Å²) in [5.74, 6) is 1.48. The normalized spacial score (nSPS) is 10.3. The Kier molecular flexibility index (Phi) is 5.96. The smallest absolute Gasteiger partial charge is 0.161 e. The highest BCUT2D eigenvalue weighted by Gasteiger charge is 2.06. The molecule has 0 unspecified atom stereocenters. The summed E-state index contributed by atoms with van der Waals surface area (Å²) < 4.78 is 12.5. The van der Waals surface area contributed by atoms with Crippen LogP contribution in [0.4, 0.5) is 5.69 Å². The molecule has 0 aromatic heterocycles. The predicted octanol–water partition coefficient (Wildman–Crippen LogP) is 5.65. The standard InChI is InChI=1S/C21H20BrNO2/c1-24-21-13-17(14-23-19-5-3-2-4-6-19)9-12-20(21)25-15-16-7-10-18(22)11-8-16/h2-13,23H,14-15H2,1H3. The van der Waals surface area contributed by atoms with Crippen molar-refractivity contribution in [3.63, 3.8) is 0 Å². The van der Waals surface area contributed by atoms with Gasteiger partial charge < -0.3 is 14.8 Å². The molecule has 3 aromatic carbocycles. The van der Waals surface area contributed by atoms with E-state index >= 15 is 0 Å². The number of hydrogen-bond acceptors (Lipinski definition) is 3. The molecule has 0 fully saturated rings. The van der Waals surface area contributed by atoms with Gasteiger partial charge in [-0.15, -0.1) is 0 Å². The third-order valence-electron chi connectivity index (χ3n) is 3.81. The Morgan fingerprint density at radius 3 is 2.28 bits per heavy atom. The minimum atomic E-state index is 0.505. The number of hydrogen-bond donors (Lipinski definition) is 1. The lowest BCUT2D eigenvalue weighted by molar-refractivity contribution is 0.284. The maximum atomic E-state index is 5.91. The quantitative estimate of drug-likeness (QED) is 0.558. The first kappa shape index (κ1) is 17.4. The van der Waals surface area contributed by atoms with Crippen molar-refractivity contribution in [1.29, 1.82) is 0 Å². The SMILES string of the molecule is COc1cc(CNc2ccccc2)ccc1OCc1ccc(Br)cc1. The van der Waals surface area contributed by atoms with E-state index in [-0.39, 0.29) is 0 Å². The molecule has 0 heterocycles. The highest BCUT2D eigenvalue weighted by atomic mass is 79.9. The summed E-state index contributed by atoms with van der Waals surface area (Å²) in [4.78, 5) is 0. The van der Waals surface area contributed by atoms with Gasteiger partial charge in [0.2, 0.25) is 0 Å². The van der Waals surface area contributed by atoms with Gasteiger partial charge in [-0.25, -0.2) is 0 Å². The molecule has 0 aliphatic heterocycles. The Balaban J connectivity index is 1.63. The first-order chi connectivity index (χ1) is 12.2. The number of ether oxygens (including phenoxy) is 2. The van der Waals surface area contributed by atoms with Crippen LogP contribution in [0.3, 0.4) is 0 Å². The van der Waals surface area contributed by atoms with Gasteiger partial charge in [-0.2, -0.15) is 0 Å². The molecule has 3 rings (SSSR count). The largest absolute Gasteiger partial charge is 0.493 e. The van der Waals surface area contributed by atoms with Crippen LogP contribution in [-0.4, -0.2) is 7.11 Å². The number of benzene rings is 3. The molecule has 4 heteroatoms. The third kappa shape index (κ3) is 5.00. The molecule has 0 spiro atoms. The van der Waals surface area contributed by atoms with Gasteiger partial charge in [-0.05, 0) is 47.5 Å². The number of rotatable bonds is 7. The zero-order chi connectivity index (χ0) is 17.5. The molecule has 0 bridgehead atoms. The lowest BCUT2D eigenvalue weighted by Gasteiger charge is -2.13. The molecule has 0 aliphatic rings. The molecular formula is C21H20BrNO2. The van der Waals surface area contributed by atoms with E-state index in [0.29, 0.717) is 6.61 Å². The molecule has 0 radical (unpaired) electrons. The Hall–Kier alpha value is -2.46. The first-order valence-electron chi connectivity index (χ1n) is 8.07. The maximum absolute atomic E-state index is 5.91. The average Bonchev–Trinajstić information content (AvgIpc) is 2.67. The molecule has 25 heavy (non-hydrogen) atoms. The zero-order valence-electron chi connectivity index (χ0n) is 14.0. The van der Waals surface area contributed by atoms with Crippen LogP contribution in [0.25, 0.3) is 0 Å². The van der Waals surface area contributed by atoms with Crippen LogP contribution in [0.2, 0.25) is 0 Å². The van der Waals surface area contributed by atoms with E-state index in [1.165, 1.54) is 0 Å². The van der Waals surface area contributed by atoms with Crippen LogP contribution < -0.4 is 14.8 Å². The highest BCUT2D eigenvalue weighted by Crippen LogP contribution is 2.29. The van der Waals surface area contributed by atoms with Crippen LogP contribution in [0.15, 0.2) is 77.3 Å². The number of anilines is 1. The number of para-hydroxylation sites is 1. The fourth-order valence-electron chi connectivity index (χ4n) is 2.44. The van der Waals surface area contributed by atoms with Crippen molar-refractivity contribution in [2.45, 2.75) is 13.2 Å². The van der Waals surface area contributed by atoms with E-state index in [9.17, 15) is 0 Å². The second kappa shape index (κ2) is 8.58. The van der Waals surface area contributed by atoms with Gasteiger partial charge in [-0.1, -0.05) is 52.3 Å². The van der Waals surface area contributed by atoms with Crippen LogP contribution in [-0.2, 0) is 13.2 Å². The molecule has 0 saturated heterocycles. The molecule has 0 amide bonds. The van der Waals surface area contributed by atoms with Crippen molar-refractivity contribution in [1.82, 2.24) is 0 Å². The molecule has 0 saturated carbocycles. The van der Waals surface area contributed by atoms with Gasteiger partial charge in [-0.3, -0.25) is 0 Å². The first-order valence-corrected chi connectivity index (χ1v) is 8.87. The molecule has 128 valence electrons. The van der Waals surface area contributed by atoms with Gasteiger partial charge >= 0.3 is 0 Å². The molecule has 3 nitrogen and oxygen atoms in total. The predicted molar refractivity (Wildman–Crippen MR) is 105 cm³/mol. The number of methoxy groups -OCH3 is 1. The maximum Gasteiger partial charge on any atom is 0.161 e. The monoisotopic (exact) mass is 397 g/mol. The van der Waals surface area contributed by atoms with E-state index in [1.54, 1.807) is 7.11 Å². The van der Waals surface area contributed by atoms with Crippen molar-refractivity contribution in [2.75, 3.05) is 12.4 Å². The summed E-state index contributed by atoms with van der Waals surface area (Å²) in [6.45, 7) is 1.23. The Morgan fingerprint density at radius 2 is 1.56 bits per heavy atom. The summed E-state index contributed by atoms with van der Waals surface area (Å²) in [6, 6.07) is 24.2. The Morgan fingerprint density at radius 1 is 0.840 bits per heavy atom. The van der Waals surface area contributed by atoms with Crippen LogP contribution in [0.1, 0.15) is 11.1 Å². The lowest BCUT2D eigenvalue weighted by Crippen LogP contribution is -2.01. The minimum Gasteiger partial charge on any atom is -0.493 e.